The van der Waals surface area contributed by atoms with Gasteiger partial charge in [0.05, 0.1) is 6.33 Å². The lowest BCUT2D eigenvalue weighted by Crippen LogP contribution is -2.31. The van der Waals surface area contributed by atoms with E-state index in [-0.39, 0.29) is 23.9 Å². The number of guanidine groups is 1. The van der Waals surface area contributed by atoms with Crippen LogP contribution in [0, 0.1) is 0 Å². The number of nitrogens with zero attached hydrogens (tertiary/aromatic N) is 3. The number of aliphatic hydroxyl groups is 2. The summed E-state index contributed by atoms with van der Waals surface area (Å²) in [5.41, 5.74) is 5.65. The predicted molar refractivity (Wildman–Crippen MR) is 96.8 cm³/mol. The van der Waals surface area contributed by atoms with Gasteiger partial charge in [-0.1, -0.05) is 0 Å². The molecule has 1 aromatic rings. The van der Waals surface area contributed by atoms with E-state index in [9.17, 15) is 28.8 Å². The van der Waals surface area contributed by atoms with Gasteiger partial charge in [-0.2, -0.15) is 4.31 Å². The summed E-state index contributed by atoms with van der Waals surface area (Å²) in [6.45, 7) is 0. The number of nitrogens with one attached hydrogen (secondary N) is 1. The zero-order valence-electron chi connectivity index (χ0n) is 15.1. The standard InChI is InChI=1S/C10H18N5O13P3/c11-10-13-7-6(8(17)14-10)12-2-15(7)9-4(16)1-5(26-9)25-3-29(18,19)27-31(23,24)28-30(20,21)22/h2,4-5,8-9,16-17H,1,3H2,(H,18,19)(H,23,24)(H3,11,13,14)(H2,20,21,22)/t4-,5-,8?,9+/m0/s1. The highest BCUT2D eigenvalue weighted by molar-refractivity contribution is 7.68. The largest absolute Gasteiger partial charge is 0.488 e. The molecule has 3 unspecified atom stereocenters. The molecular weight excluding hydrogens is 491 g/mol. The number of fused-ring (bicyclic) bond motifs is 1. The third kappa shape index (κ3) is 6.18. The monoisotopic (exact) mass is 509 g/mol. The molecule has 9 N–H and O–H groups in total. The highest BCUT2D eigenvalue weighted by atomic mass is 31.3. The zero-order chi connectivity index (χ0) is 23.2. The Kier molecular flexibility index (Phi) is 6.78. The van der Waals surface area contributed by atoms with Crippen molar-refractivity contribution in [3.8, 4) is 0 Å². The minimum atomic E-state index is -5.60. The Bertz CT molecular complexity index is 1010. The Morgan fingerprint density at radius 1 is 1.23 bits per heavy atom. The molecular formula is C10H18N5O13P3. The van der Waals surface area contributed by atoms with E-state index in [0.29, 0.717) is 0 Å². The lowest BCUT2D eigenvalue weighted by atomic mass is 10.2. The molecule has 1 saturated heterocycles. The van der Waals surface area contributed by atoms with Crippen LogP contribution in [0.15, 0.2) is 11.3 Å². The van der Waals surface area contributed by atoms with Gasteiger partial charge in [-0.15, -0.1) is 0 Å². The molecule has 0 spiro atoms. The Morgan fingerprint density at radius 3 is 2.55 bits per heavy atom. The lowest BCUT2D eigenvalue weighted by Gasteiger charge is -2.22. The maximum atomic E-state index is 11.9. The van der Waals surface area contributed by atoms with Crippen molar-refractivity contribution < 1.29 is 61.6 Å². The molecule has 18 nitrogen and oxygen atoms in total. The fourth-order valence-electron chi connectivity index (χ4n) is 2.72. The van der Waals surface area contributed by atoms with Crippen LogP contribution in [-0.2, 0) is 31.8 Å². The zero-order valence-corrected chi connectivity index (χ0v) is 17.8. The molecule has 0 aromatic carbocycles. The van der Waals surface area contributed by atoms with Gasteiger partial charge in [0.1, 0.15) is 17.6 Å². The predicted octanol–water partition coefficient (Wildman–Crippen LogP) is -1.39. The molecule has 1 fully saturated rings. The third-order valence-corrected chi connectivity index (χ3v) is 7.76. The van der Waals surface area contributed by atoms with Gasteiger partial charge in [-0.25, -0.2) is 23.4 Å². The molecule has 0 amide bonds. The smallest absolute Gasteiger partial charge is 0.388 e. The fraction of sp³-hybridized carbons (Fsp3) is 0.600. The molecule has 21 heteroatoms. The van der Waals surface area contributed by atoms with Crippen molar-refractivity contribution in [3.63, 3.8) is 0 Å². The number of nitrogens with two attached hydrogens (primary N) is 1. The van der Waals surface area contributed by atoms with Crippen molar-refractivity contribution >= 4 is 35.0 Å². The Balaban J connectivity index is 1.62. The van der Waals surface area contributed by atoms with Crippen LogP contribution in [0.4, 0.5) is 5.82 Å². The summed E-state index contributed by atoms with van der Waals surface area (Å²) in [5.74, 6) is 0.0584. The maximum absolute atomic E-state index is 11.9. The first kappa shape index (κ1) is 24.4. The lowest BCUT2D eigenvalue weighted by molar-refractivity contribution is -0.145. The number of hydrogen-bond acceptors (Lipinski definition) is 13. The molecule has 0 aliphatic carbocycles. The van der Waals surface area contributed by atoms with Crippen molar-refractivity contribution in [1.82, 2.24) is 9.55 Å². The van der Waals surface area contributed by atoms with Crippen molar-refractivity contribution in [2.75, 3.05) is 11.7 Å². The van der Waals surface area contributed by atoms with E-state index in [1.165, 1.54) is 10.9 Å². The van der Waals surface area contributed by atoms with E-state index >= 15 is 0 Å². The summed E-state index contributed by atoms with van der Waals surface area (Å²) in [6.07, 6.45) is -5.25. The summed E-state index contributed by atoms with van der Waals surface area (Å²) < 4.78 is 52.8. The van der Waals surface area contributed by atoms with Crippen LogP contribution in [0.2, 0.25) is 0 Å². The third-order valence-electron chi connectivity index (χ3n) is 3.77. The van der Waals surface area contributed by atoms with Gasteiger partial charge in [0.15, 0.2) is 31.1 Å². The first-order valence-electron chi connectivity index (χ1n) is 8.09. The van der Waals surface area contributed by atoms with E-state index in [1.807, 2.05) is 0 Å². The number of aromatic nitrogens is 2. The number of imidazole rings is 1. The normalized spacial score (nSPS) is 30.1. The summed E-state index contributed by atoms with van der Waals surface area (Å²) in [6, 6.07) is 0. The summed E-state index contributed by atoms with van der Waals surface area (Å²) in [5, 5.41) is 22.8. The molecule has 1 aromatic heterocycles. The van der Waals surface area contributed by atoms with Crippen LogP contribution in [0.5, 0.6) is 0 Å². The van der Waals surface area contributed by atoms with Crippen molar-refractivity contribution in [3.05, 3.63) is 12.0 Å². The van der Waals surface area contributed by atoms with Gasteiger partial charge in [0.2, 0.25) is 0 Å². The summed E-state index contributed by atoms with van der Waals surface area (Å²) in [7, 11) is -16.1. The van der Waals surface area contributed by atoms with Crippen molar-refractivity contribution in [2.45, 2.75) is 31.3 Å². The second-order valence-electron chi connectivity index (χ2n) is 6.21. The number of aliphatic imine (C=N–C) groups is 1. The molecule has 0 saturated carbocycles. The van der Waals surface area contributed by atoms with E-state index in [0.717, 1.165) is 0 Å². The molecule has 0 bridgehead atoms. The van der Waals surface area contributed by atoms with Crippen molar-refractivity contribution in [1.29, 1.82) is 0 Å². The second kappa shape index (κ2) is 8.61. The van der Waals surface area contributed by atoms with Gasteiger partial charge < -0.3 is 50.3 Å². The Hall–Kier alpha value is -1.23. The topological polar surface area (TPSA) is 278 Å². The first-order chi connectivity index (χ1) is 14.2. The maximum Gasteiger partial charge on any atom is 0.488 e. The van der Waals surface area contributed by atoms with Crippen LogP contribution in [-0.4, -0.2) is 64.0 Å². The molecule has 0 radical (unpaired) electrons. The fourth-order valence-corrected chi connectivity index (χ4v) is 6.01. The summed E-state index contributed by atoms with van der Waals surface area (Å²) in [4.78, 5) is 43.3. The van der Waals surface area contributed by atoms with Gasteiger partial charge in [-0.05, 0) is 0 Å². The van der Waals surface area contributed by atoms with Crippen LogP contribution in [0.25, 0.3) is 0 Å². The van der Waals surface area contributed by atoms with Gasteiger partial charge >= 0.3 is 23.2 Å². The minimum absolute atomic E-state index is 0.103. The Labute approximate surface area is 172 Å². The number of ether oxygens (including phenoxy) is 2. The molecule has 176 valence electrons. The molecule has 2 aliphatic rings. The van der Waals surface area contributed by atoms with Gasteiger partial charge in [-0.3, -0.25) is 9.13 Å². The number of anilines is 1. The number of rotatable bonds is 8. The minimum Gasteiger partial charge on any atom is -0.388 e. The number of hydrogen-bond donors (Lipinski definition) is 8. The van der Waals surface area contributed by atoms with Crippen LogP contribution in [0.3, 0.4) is 0 Å². The van der Waals surface area contributed by atoms with Crippen LogP contribution < -0.4 is 11.1 Å². The molecule has 31 heavy (non-hydrogen) atoms. The number of phosphoric acid groups is 2. The molecule has 2 aliphatic heterocycles. The SMILES string of the molecule is NC1=NC(O)c2ncn([C@@H]3O[C@H](OCP(=O)(O)OP(=O)(O)OP(=O)(O)O)C[C@@H]3O)c2N1. The van der Waals surface area contributed by atoms with E-state index < -0.39 is 54.4 Å². The van der Waals surface area contributed by atoms with Crippen LogP contribution in [0.1, 0.15) is 24.6 Å². The Morgan fingerprint density at radius 2 is 1.90 bits per heavy atom. The highest BCUT2D eigenvalue weighted by Crippen LogP contribution is 2.66. The van der Waals surface area contributed by atoms with Crippen molar-refractivity contribution in [2.24, 2.45) is 10.7 Å². The average molecular weight is 509 g/mol. The highest BCUT2D eigenvalue weighted by Gasteiger charge is 2.42. The van der Waals surface area contributed by atoms with Crippen LogP contribution >= 0.6 is 23.2 Å². The second-order valence-corrected chi connectivity index (χ2v) is 11.0. The van der Waals surface area contributed by atoms with Gasteiger partial charge in [0, 0.05) is 6.42 Å². The summed E-state index contributed by atoms with van der Waals surface area (Å²) >= 11 is 0. The van der Waals surface area contributed by atoms with E-state index in [4.69, 9.17) is 29.9 Å². The van der Waals surface area contributed by atoms with Gasteiger partial charge in [0.25, 0.3) is 0 Å². The molecule has 3 rings (SSSR count). The quantitative estimate of drug-likeness (QED) is 0.187. The first-order valence-corrected chi connectivity index (χ1v) is 12.9. The average Bonchev–Trinajstić information content (AvgIpc) is 3.12. The van der Waals surface area contributed by atoms with E-state index in [1.54, 1.807) is 0 Å². The molecule has 6 atom stereocenters. The number of aliphatic hydroxyl groups excluding tert-OH is 2. The molecule has 3 heterocycles. The van der Waals surface area contributed by atoms with E-state index in [2.05, 4.69) is 23.9 Å².